The zero-order valence-electron chi connectivity index (χ0n) is 13.4. The van der Waals surface area contributed by atoms with Gasteiger partial charge >= 0.3 is 0 Å². The van der Waals surface area contributed by atoms with Crippen molar-refractivity contribution in [3.05, 3.63) is 36.2 Å². The summed E-state index contributed by atoms with van der Waals surface area (Å²) in [6, 6.07) is 8.01. The summed E-state index contributed by atoms with van der Waals surface area (Å²) in [6.07, 6.45) is 5.63. The molecule has 2 aromatic rings. The minimum atomic E-state index is 0.275. The Kier molecular flexibility index (Phi) is 4.50. The zero-order valence-corrected chi connectivity index (χ0v) is 13.4. The Morgan fingerprint density at radius 3 is 2.70 bits per heavy atom. The lowest BCUT2D eigenvalue weighted by Gasteiger charge is -2.28. The summed E-state index contributed by atoms with van der Waals surface area (Å²) in [5, 5.41) is 0. The van der Waals surface area contributed by atoms with Crippen LogP contribution in [0.15, 0.2) is 30.5 Å². The first-order valence-electron chi connectivity index (χ1n) is 8.53. The van der Waals surface area contributed by atoms with Crippen molar-refractivity contribution in [2.75, 3.05) is 32.8 Å². The van der Waals surface area contributed by atoms with Gasteiger partial charge in [-0.2, -0.15) is 0 Å². The zero-order chi connectivity index (χ0) is 15.5. The molecule has 0 aliphatic carbocycles. The molecular weight excluding hydrogens is 290 g/mol. The molecule has 4 rings (SSSR count). The lowest BCUT2D eigenvalue weighted by Crippen LogP contribution is -2.41. The quantitative estimate of drug-likeness (QED) is 0.864. The topological polar surface area (TPSA) is 47.5 Å². The molecule has 0 N–H and O–H groups in total. The summed E-state index contributed by atoms with van der Waals surface area (Å²) in [4.78, 5) is 11.7. The molecule has 2 fully saturated rings. The number of rotatable bonds is 4. The number of hydrogen-bond donors (Lipinski definition) is 0. The SMILES string of the molecule is c1ccc2nc(C[C@@H]3CC[C@H](CN4CCOCC4)O3)cnc2c1. The van der Waals surface area contributed by atoms with E-state index in [-0.39, 0.29) is 6.10 Å². The van der Waals surface area contributed by atoms with Gasteiger partial charge in [0.05, 0.1) is 42.1 Å². The van der Waals surface area contributed by atoms with E-state index < -0.39 is 0 Å². The van der Waals surface area contributed by atoms with E-state index in [9.17, 15) is 0 Å². The highest BCUT2D eigenvalue weighted by Crippen LogP contribution is 2.23. The molecule has 23 heavy (non-hydrogen) atoms. The highest BCUT2D eigenvalue weighted by Gasteiger charge is 2.27. The van der Waals surface area contributed by atoms with E-state index in [1.165, 1.54) is 0 Å². The molecule has 0 bridgehead atoms. The van der Waals surface area contributed by atoms with Crippen molar-refractivity contribution in [1.29, 1.82) is 0 Å². The van der Waals surface area contributed by atoms with Gasteiger partial charge < -0.3 is 9.47 Å². The van der Waals surface area contributed by atoms with Crippen LogP contribution in [-0.4, -0.2) is 59.9 Å². The van der Waals surface area contributed by atoms with E-state index in [0.29, 0.717) is 6.10 Å². The molecule has 0 spiro atoms. The maximum Gasteiger partial charge on any atom is 0.0890 e. The number of ether oxygens (including phenoxy) is 2. The second-order valence-electron chi connectivity index (χ2n) is 6.42. The molecule has 1 aromatic carbocycles. The van der Waals surface area contributed by atoms with Gasteiger partial charge in [-0.1, -0.05) is 12.1 Å². The van der Waals surface area contributed by atoms with E-state index in [1.54, 1.807) is 0 Å². The maximum absolute atomic E-state index is 6.23. The first-order valence-corrected chi connectivity index (χ1v) is 8.53. The van der Waals surface area contributed by atoms with E-state index in [0.717, 1.165) is 68.8 Å². The number of para-hydroxylation sites is 2. The monoisotopic (exact) mass is 313 g/mol. The normalized spacial score (nSPS) is 25.9. The minimum absolute atomic E-state index is 0.275. The van der Waals surface area contributed by atoms with Crippen molar-refractivity contribution in [1.82, 2.24) is 14.9 Å². The summed E-state index contributed by atoms with van der Waals surface area (Å²) in [6.45, 7) is 4.79. The van der Waals surface area contributed by atoms with Crippen LogP contribution in [0.2, 0.25) is 0 Å². The van der Waals surface area contributed by atoms with E-state index in [1.807, 2.05) is 30.5 Å². The molecule has 5 heteroatoms. The number of hydrogen-bond acceptors (Lipinski definition) is 5. The molecule has 0 unspecified atom stereocenters. The van der Waals surface area contributed by atoms with E-state index >= 15 is 0 Å². The largest absolute Gasteiger partial charge is 0.379 e. The lowest BCUT2D eigenvalue weighted by atomic mass is 10.1. The fourth-order valence-electron chi connectivity index (χ4n) is 3.46. The summed E-state index contributed by atoms with van der Waals surface area (Å²) in [5.74, 6) is 0. The summed E-state index contributed by atoms with van der Waals surface area (Å²) >= 11 is 0. The van der Waals surface area contributed by atoms with Gasteiger partial charge in [0.15, 0.2) is 0 Å². The predicted molar refractivity (Wildman–Crippen MR) is 88.4 cm³/mol. The number of fused-ring (bicyclic) bond motifs is 1. The van der Waals surface area contributed by atoms with Crippen molar-refractivity contribution in [3.63, 3.8) is 0 Å². The third-order valence-corrected chi connectivity index (χ3v) is 4.70. The van der Waals surface area contributed by atoms with Crippen LogP contribution in [0.25, 0.3) is 11.0 Å². The van der Waals surface area contributed by atoms with Gasteiger partial charge in [-0.05, 0) is 25.0 Å². The van der Waals surface area contributed by atoms with Crippen molar-refractivity contribution in [2.24, 2.45) is 0 Å². The fraction of sp³-hybridized carbons (Fsp3) is 0.556. The second-order valence-corrected chi connectivity index (χ2v) is 6.42. The first-order chi connectivity index (χ1) is 11.4. The van der Waals surface area contributed by atoms with Crippen LogP contribution >= 0.6 is 0 Å². The van der Waals surface area contributed by atoms with Gasteiger partial charge in [0.1, 0.15) is 0 Å². The third kappa shape index (κ3) is 3.68. The van der Waals surface area contributed by atoms with Gasteiger partial charge in [0.2, 0.25) is 0 Å². The summed E-state index contributed by atoms with van der Waals surface area (Å²) < 4.78 is 11.6. The van der Waals surface area contributed by atoms with Gasteiger partial charge in [-0.15, -0.1) is 0 Å². The van der Waals surface area contributed by atoms with Crippen LogP contribution in [0.4, 0.5) is 0 Å². The van der Waals surface area contributed by atoms with Crippen LogP contribution in [-0.2, 0) is 15.9 Å². The number of morpholine rings is 1. The van der Waals surface area contributed by atoms with Crippen molar-refractivity contribution < 1.29 is 9.47 Å². The molecule has 5 nitrogen and oxygen atoms in total. The van der Waals surface area contributed by atoms with Crippen LogP contribution in [0.5, 0.6) is 0 Å². The van der Waals surface area contributed by atoms with Gasteiger partial charge in [-0.3, -0.25) is 9.88 Å². The highest BCUT2D eigenvalue weighted by atomic mass is 16.5. The van der Waals surface area contributed by atoms with E-state index in [4.69, 9.17) is 14.5 Å². The molecule has 0 amide bonds. The van der Waals surface area contributed by atoms with Gasteiger partial charge in [0, 0.05) is 32.3 Å². The molecule has 3 heterocycles. The molecular formula is C18H23N3O2. The molecule has 2 saturated heterocycles. The average Bonchev–Trinajstić information content (AvgIpc) is 3.02. The van der Waals surface area contributed by atoms with Crippen molar-refractivity contribution >= 4 is 11.0 Å². The van der Waals surface area contributed by atoms with Crippen molar-refractivity contribution in [3.8, 4) is 0 Å². The van der Waals surface area contributed by atoms with Gasteiger partial charge in [-0.25, -0.2) is 4.98 Å². The molecule has 1 aromatic heterocycles. The van der Waals surface area contributed by atoms with Gasteiger partial charge in [0.25, 0.3) is 0 Å². The number of aromatic nitrogens is 2. The molecule has 2 atom stereocenters. The number of benzene rings is 1. The van der Waals surface area contributed by atoms with Crippen LogP contribution in [0.1, 0.15) is 18.5 Å². The Morgan fingerprint density at radius 1 is 1.04 bits per heavy atom. The van der Waals surface area contributed by atoms with Crippen LogP contribution < -0.4 is 0 Å². The smallest absolute Gasteiger partial charge is 0.0890 e. The predicted octanol–water partition coefficient (Wildman–Crippen LogP) is 2.05. The maximum atomic E-state index is 6.23. The van der Waals surface area contributed by atoms with Crippen LogP contribution in [0, 0.1) is 0 Å². The average molecular weight is 313 g/mol. The minimum Gasteiger partial charge on any atom is -0.379 e. The fourth-order valence-corrected chi connectivity index (χ4v) is 3.46. The summed E-state index contributed by atoms with van der Waals surface area (Å²) in [7, 11) is 0. The Hall–Kier alpha value is -1.56. The molecule has 2 aliphatic rings. The Labute approximate surface area is 136 Å². The van der Waals surface area contributed by atoms with Crippen molar-refractivity contribution in [2.45, 2.75) is 31.5 Å². The number of nitrogens with zero attached hydrogens (tertiary/aromatic N) is 3. The highest BCUT2D eigenvalue weighted by molar-refractivity contribution is 5.73. The Morgan fingerprint density at radius 2 is 1.83 bits per heavy atom. The van der Waals surface area contributed by atoms with E-state index in [2.05, 4.69) is 9.88 Å². The first kappa shape index (κ1) is 15.0. The van der Waals surface area contributed by atoms with Crippen LogP contribution in [0.3, 0.4) is 0 Å². The lowest BCUT2D eigenvalue weighted by molar-refractivity contribution is -0.0110. The standard InChI is InChI=1S/C18H23N3O2/c1-2-4-18-17(3-1)19-12-14(20-18)11-15-5-6-16(23-15)13-21-7-9-22-10-8-21/h1-4,12,15-16H,5-11,13H2/t15-,16+/m0/s1. The second kappa shape index (κ2) is 6.91. The Bertz CT molecular complexity index is 658. The Balaban J connectivity index is 1.34. The molecule has 0 radical (unpaired) electrons. The molecule has 2 aliphatic heterocycles. The molecule has 0 saturated carbocycles. The summed E-state index contributed by atoms with van der Waals surface area (Å²) in [5.41, 5.74) is 2.95. The third-order valence-electron chi connectivity index (χ3n) is 4.70. The molecule has 122 valence electrons.